The van der Waals surface area contributed by atoms with Crippen LogP contribution in [-0.2, 0) is 14.9 Å². The van der Waals surface area contributed by atoms with Crippen molar-refractivity contribution in [2.75, 3.05) is 13.7 Å². The average Bonchev–Trinajstić information content (AvgIpc) is 2.92. The number of fused-ring (bicyclic) bond motifs is 2. The molecule has 26 heavy (non-hydrogen) atoms. The molecule has 0 amide bonds. The number of nitriles is 2. The zero-order valence-corrected chi connectivity index (χ0v) is 15.0. The van der Waals surface area contributed by atoms with Gasteiger partial charge in [-0.1, -0.05) is 19.1 Å². The summed E-state index contributed by atoms with van der Waals surface area (Å²) in [6, 6.07) is 12.2. The van der Waals surface area contributed by atoms with Gasteiger partial charge in [0.25, 0.3) is 5.84 Å². The van der Waals surface area contributed by atoms with E-state index in [1.54, 1.807) is 7.11 Å². The Morgan fingerprint density at radius 3 is 2.46 bits per heavy atom. The molecule has 1 aromatic rings. The summed E-state index contributed by atoms with van der Waals surface area (Å²) >= 11 is 0. The molecule has 134 valence electrons. The predicted octanol–water partition coefficient (Wildman–Crippen LogP) is -0.0829. The standard InChI is InChI=1S/C19H20N4O3/c1-4-16(13-5-7-14(24-3)8-6-13)17(10-20)15(22)23-19(18(16,17)11-21)25-9-12(2)26-19/h5-8,12H,4,9H2,1-3H3,(H2,22,23)/p+1/t12-,16-,17-,18+,19+/m0/s1. The third-order valence-electron chi connectivity index (χ3n) is 6.31. The molecule has 2 heterocycles. The first kappa shape index (κ1) is 16.8. The quantitative estimate of drug-likeness (QED) is 0.785. The summed E-state index contributed by atoms with van der Waals surface area (Å²) in [5.41, 5.74) is 3.81. The van der Waals surface area contributed by atoms with Gasteiger partial charge >= 0.3 is 5.91 Å². The summed E-state index contributed by atoms with van der Waals surface area (Å²) in [4.78, 5) is 3.00. The van der Waals surface area contributed by atoms with Gasteiger partial charge in [-0.3, -0.25) is 5.73 Å². The van der Waals surface area contributed by atoms with E-state index in [1.165, 1.54) is 0 Å². The van der Waals surface area contributed by atoms with E-state index < -0.39 is 22.2 Å². The Bertz CT molecular complexity index is 886. The van der Waals surface area contributed by atoms with Gasteiger partial charge in [0.2, 0.25) is 0 Å². The first-order valence-corrected chi connectivity index (χ1v) is 8.65. The minimum absolute atomic E-state index is 0.207. The molecular weight excluding hydrogens is 332 g/mol. The smallest absolute Gasteiger partial charge is 0.344 e. The molecular formula is C19H21N4O3+. The van der Waals surface area contributed by atoms with Crippen molar-refractivity contribution in [1.82, 2.24) is 0 Å². The summed E-state index contributed by atoms with van der Waals surface area (Å²) in [6.07, 6.45) is 0.326. The minimum atomic E-state index is -1.42. The SMILES string of the molecule is CC[C@]1(c2ccc(OC)cc2)[C@]2(C#N)C(N)=[NH+][C@@]3(OC[C@H](C)O3)[C@@]21C#N. The van der Waals surface area contributed by atoms with Gasteiger partial charge in [0, 0.05) is 0 Å². The molecule has 1 spiro atoms. The van der Waals surface area contributed by atoms with Crippen molar-refractivity contribution in [3.05, 3.63) is 29.8 Å². The van der Waals surface area contributed by atoms with E-state index in [1.807, 2.05) is 38.1 Å². The first-order valence-electron chi connectivity index (χ1n) is 8.65. The van der Waals surface area contributed by atoms with Crippen molar-refractivity contribution in [3.8, 4) is 17.9 Å². The van der Waals surface area contributed by atoms with Crippen LogP contribution < -0.4 is 15.5 Å². The highest BCUT2D eigenvalue weighted by molar-refractivity contribution is 5.97. The van der Waals surface area contributed by atoms with E-state index >= 15 is 0 Å². The number of nitrogens with zero attached hydrogens (tertiary/aromatic N) is 2. The van der Waals surface area contributed by atoms with E-state index in [0.717, 1.165) is 5.56 Å². The summed E-state index contributed by atoms with van der Waals surface area (Å²) in [5.74, 6) is -0.486. The van der Waals surface area contributed by atoms with Crippen molar-refractivity contribution < 1.29 is 19.2 Å². The zero-order valence-electron chi connectivity index (χ0n) is 15.0. The van der Waals surface area contributed by atoms with Crippen LogP contribution in [0.4, 0.5) is 0 Å². The van der Waals surface area contributed by atoms with Gasteiger partial charge in [-0.25, -0.2) is 4.99 Å². The number of amidine groups is 1. The Kier molecular flexibility index (Phi) is 3.22. The van der Waals surface area contributed by atoms with Gasteiger partial charge in [-0.05, 0) is 31.0 Å². The van der Waals surface area contributed by atoms with Gasteiger partial charge in [-0.15, -0.1) is 0 Å². The van der Waals surface area contributed by atoms with Crippen molar-refractivity contribution in [3.63, 3.8) is 0 Å². The van der Waals surface area contributed by atoms with Gasteiger partial charge in [0.15, 0.2) is 10.8 Å². The Hall–Kier alpha value is -2.61. The maximum absolute atomic E-state index is 10.3. The molecule has 0 unspecified atom stereocenters. The van der Waals surface area contributed by atoms with E-state index in [9.17, 15) is 10.5 Å². The largest absolute Gasteiger partial charge is 0.497 e. The Morgan fingerprint density at radius 2 is 2.00 bits per heavy atom. The van der Waals surface area contributed by atoms with Crippen LogP contribution in [-0.4, -0.2) is 31.6 Å². The highest BCUT2D eigenvalue weighted by Crippen LogP contribution is 2.84. The predicted molar refractivity (Wildman–Crippen MR) is 90.4 cm³/mol. The molecule has 1 aromatic carbocycles. The van der Waals surface area contributed by atoms with E-state index in [0.29, 0.717) is 18.8 Å². The van der Waals surface area contributed by atoms with E-state index in [-0.39, 0.29) is 11.9 Å². The van der Waals surface area contributed by atoms with Crippen LogP contribution in [0.15, 0.2) is 24.3 Å². The molecule has 7 nitrogen and oxygen atoms in total. The number of hydrogen-bond donors (Lipinski definition) is 2. The van der Waals surface area contributed by atoms with Gasteiger partial charge in [0.1, 0.15) is 5.75 Å². The van der Waals surface area contributed by atoms with Crippen LogP contribution in [0.3, 0.4) is 0 Å². The topological polar surface area (TPSA) is 115 Å². The molecule has 3 aliphatic rings. The first-order chi connectivity index (χ1) is 12.4. The van der Waals surface area contributed by atoms with Crippen LogP contribution in [0.5, 0.6) is 5.75 Å². The summed E-state index contributed by atoms with van der Waals surface area (Å²) in [7, 11) is 1.59. The van der Waals surface area contributed by atoms with Gasteiger partial charge < -0.3 is 14.2 Å². The van der Waals surface area contributed by atoms with Crippen molar-refractivity contribution in [2.45, 2.75) is 37.7 Å². The number of ether oxygens (including phenoxy) is 3. The maximum Gasteiger partial charge on any atom is 0.344 e. The number of benzene rings is 1. The number of rotatable bonds is 3. The molecule has 0 bridgehead atoms. The molecule has 1 aliphatic carbocycles. The number of methoxy groups -OCH3 is 1. The highest BCUT2D eigenvalue weighted by atomic mass is 16.8. The van der Waals surface area contributed by atoms with Gasteiger partial charge in [0.05, 0.1) is 37.4 Å². The molecule has 0 radical (unpaired) electrons. The second-order valence-corrected chi connectivity index (χ2v) is 7.11. The van der Waals surface area contributed by atoms with Gasteiger partial charge in [-0.2, -0.15) is 10.5 Å². The average molecular weight is 353 g/mol. The monoisotopic (exact) mass is 353 g/mol. The zero-order chi connectivity index (χ0) is 18.8. The second-order valence-electron chi connectivity index (χ2n) is 7.11. The third kappa shape index (κ3) is 1.38. The molecule has 7 heteroatoms. The normalized spacial score (nSPS) is 42.7. The van der Waals surface area contributed by atoms with E-state index in [4.69, 9.17) is 19.9 Å². The van der Waals surface area contributed by atoms with Crippen molar-refractivity contribution in [1.29, 1.82) is 10.5 Å². The minimum Gasteiger partial charge on any atom is -0.497 e. The summed E-state index contributed by atoms with van der Waals surface area (Å²) in [6.45, 7) is 4.15. The maximum atomic E-state index is 10.3. The number of hydrogen-bond acceptors (Lipinski definition) is 6. The second kappa shape index (κ2) is 4.97. The lowest BCUT2D eigenvalue weighted by Gasteiger charge is -2.29. The fourth-order valence-electron chi connectivity index (χ4n) is 5.34. The molecule has 5 atom stereocenters. The molecule has 0 aromatic heterocycles. The lowest BCUT2D eigenvalue weighted by Crippen LogP contribution is -2.90. The van der Waals surface area contributed by atoms with Crippen LogP contribution >= 0.6 is 0 Å². The Balaban J connectivity index is 1.98. The third-order valence-corrected chi connectivity index (χ3v) is 6.31. The van der Waals surface area contributed by atoms with Crippen LogP contribution in [0.25, 0.3) is 0 Å². The summed E-state index contributed by atoms with van der Waals surface area (Å²) in [5, 5.41) is 20.5. The molecule has 1 saturated heterocycles. The van der Waals surface area contributed by atoms with Crippen LogP contribution in [0.1, 0.15) is 25.8 Å². The highest BCUT2D eigenvalue weighted by Gasteiger charge is 3.04. The van der Waals surface area contributed by atoms with Crippen LogP contribution in [0, 0.1) is 33.5 Å². The Labute approximate surface area is 152 Å². The lowest BCUT2D eigenvalue weighted by atomic mass is 9.80. The molecule has 3 N–H and O–H groups in total. The van der Waals surface area contributed by atoms with Crippen molar-refractivity contribution >= 4 is 5.84 Å². The summed E-state index contributed by atoms with van der Waals surface area (Å²) < 4.78 is 17.2. The molecule has 1 saturated carbocycles. The van der Waals surface area contributed by atoms with E-state index in [2.05, 4.69) is 17.1 Å². The fraction of sp³-hybridized carbons (Fsp3) is 0.526. The molecule has 2 aliphatic heterocycles. The number of nitrogens with two attached hydrogens (primary N) is 1. The lowest BCUT2D eigenvalue weighted by molar-refractivity contribution is -0.679. The fourth-order valence-corrected chi connectivity index (χ4v) is 5.34. The molecule has 4 rings (SSSR count). The number of nitrogens with one attached hydrogen (secondary N) is 1. The Morgan fingerprint density at radius 1 is 1.31 bits per heavy atom. The van der Waals surface area contributed by atoms with Crippen LogP contribution in [0.2, 0.25) is 0 Å². The van der Waals surface area contributed by atoms with Crippen molar-refractivity contribution in [2.24, 2.45) is 16.6 Å². The molecule has 2 fully saturated rings.